The molecule has 1 heterocycles. The number of ketones is 1. The van der Waals surface area contributed by atoms with Gasteiger partial charge in [0.2, 0.25) is 0 Å². The van der Waals surface area contributed by atoms with Crippen LogP contribution in [0.3, 0.4) is 0 Å². The highest BCUT2D eigenvalue weighted by atomic mass is 79.9. The van der Waals surface area contributed by atoms with Gasteiger partial charge < -0.3 is 9.84 Å². The summed E-state index contributed by atoms with van der Waals surface area (Å²) in [4.78, 5) is 30.6. The minimum atomic E-state index is -0.585. The number of aryl methyl sites for hydroxylation is 1. The van der Waals surface area contributed by atoms with E-state index in [2.05, 4.69) is 52.8 Å². The second-order valence-corrected chi connectivity index (χ2v) is 9.09. The molecule has 8 heteroatoms. The molecule has 0 saturated heterocycles. The third-order valence-corrected chi connectivity index (χ3v) is 6.48. The fraction of sp³-hybridized carbons (Fsp3) is 0.0952. The van der Waals surface area contributed by atoms with Gasteiger partial charge in [-0.25, -0.2) is 4.79 Å². The molecule has 29 heavy (non-hydrogen) atoms. The highest BCUT2D eigenvalue weighted by molar-refractivity contribution is 9.11. The summed E-state index contributed by atoms with van der Waals surface area (Å²) in [6, 6.07) is 8.75. The zero-order chi connectivity index (χ0) is 21.0. The van der Waals surface area contributed by atoms with Crippen molar-refractivity contribution in [2.24, 2.45) is 0 Å². The van der Waals surface area contributed by atoms with Crippen molar-refractivity contribution < 1.29 is 19.4 Å². The Morgan fingerprint density at radius 3 is 2.31 bits per heavy atom. The molecule has 0 saturated carbocycles. The molecule has 0 unspecified atom stereocenters. The first-order valence-electron chi connectivity index (χ1n) is 8.40. The van der Waals surface area contributed by atoms with E-state index in [1.165, 1.54) is 7.11 Å². The number of aromatic hydroxyl groups is 1. The second-order valence-electron chi connectivity index (χ2n) is 6.47. The van der Waals surface area contributed by atoms with Crippen molar-refractivity contribution in [3.63, 3.8) is 0 Å². The van der Waals surface area contributed by atoms with Gasteiger partial charge in [0.25, 0.3) is 0 Å². The number of halogens is 3. The van der Waals surface area contributed by atoms with Crippen LogP contribution < -0.4 is 0 Å². The molecule has 0 amide bonds. The lowest BCUT2D eigenvalue weighted by molar-refractivity contribution is 0.0600. The summed E-state index contributed by atoms with van der Waals surface area (Å²) < 4.78 is 6.61. The summed E-state index contributed by atoms with van der Waals surface area (Å²) >= 11 is 10.0. The average Bonchev–Trinajstić information content (AvgIpc) is 2.95. The summed E-state index contributed by atoms with van der Waals surface area (Å²) in [5, 5.41) is 10.1. The Hall–Kier alpha value is -2.03. The van der Waals surface area contributed by atoms with E-state index in [-0.39, 0.29) is 17.1 Å². The number of phenolic OH excluding ortho intramolecular Hbond substituents is 1. The van der Waals surface area contributed by atoms with Crippen molar-refractivity contribution in [2.45, 2.75) is 6.92 Å². The van der Waals surface area contributed by atoms with Crippen LogP contribution in [0.2, 0.25) is 0 Å². The number of carbonyl (C=O) groups excluding carboxylic acids is 2. The number of carbonyl (C=O) groups is 2. The van der Waals surface area contributed by atoms with Crippen molar-refractivity contribution in [3.8, 4) is 28.1 Å². The lowest BCUT2D eigenvalue weighted by Gasteiger charge is -2.16. The molecule has 0 atom stereocenters. The number of fused-ring (bicyclic) bond motifs is 3. The molecule has 3 aromatic rings. The summed E-state index contributed by atoms with van der Waals surface area (Å²) in [7, 11) is 1.29. The van der Waals surface area contributed by atoms with E-state index >= 15 is 0 Å². The minimum absolute atomic E-state index is 0.0225. The first-order chi connectivity index (χ1) is 13.7. The summed E-state index contributed by atoms with van der Waals surface area (Å²) in [5.74, 6) is -0.781. The fourth-order valence-electron chi connectivity index (χ4n) is 3.52. The number of hydrogen-bond donors (Lipinski definition) is 1. The van der Waals surface area contributed by atoms with Crippen LogP contribution in [-0.4, -0.2) is 29.0 Å². The van der Waals surface area contributed by atoms with Crippen LogP contribution in [0, 0.1) is 6.92 Å². The monoisotopic (exact) mass is 579 g/mol. The van der Waals surface area contributed by atoms with Crippen LogP contribution in [0.1, 0.15) is 32.0 Å². The van der Waals surface area contributed by atoms with Gasteiger partial charge in [0.05, 0.1) is 38.6 Å². The number of aromatic nitrogens is 1. The van der Waals surface area contributed by atoms with Gasteiger partial charge in [-0.2, -0.15) is 0 Å². The second kappa shape index (κ2) is 7.34. The highest BCUT2D eigenvalue weighted by Crippen LogP contribution is 2.46. The molecule has 1 aliphatic carbocycles. The van der Waals surface area contributed by atoms with E-state index in [1.54, 1.807) is 25.1 Å². The van der Waals surface area contributed by atoms with Crippen molar-refractivity contribution in [1.82, 2.24) is 4.98 Å². The third-order valence-electron chi connectivity index (χ3n) is 4.78. The maximum atomic E-state index is 13.4. The Bertz CT molecular complexity index is 1210. The van der Waals surface area contributed by atoms with Crippen molar-refractivity contribution in [3.05, 3.63) is 66.1 Å². The zero-order valence-electron chi connectivity index (χ0n) is 15.1. The Morgan fingerprint density at radius 1 is 1.03 bits per heavy atom. The normalized spacial score (nSPS) is 12.0. The predicted octanol–water partition coefficient (Wildman–Crippen LogP) is 6.05. The SMILES string of the molecule is COC(=O)c1c(C)nc2c(c1-c1cc(Br)c(O)c(Br)c1)C(=O)c1cc(Br)ccc1-2. The molecular formula is C21H12Br3NO4. The molecule has 0 spiro atoms. The van der Waals surface area contributed by atoms with Gasteiger partial charge in [-0.15, -0.1) is 0 Å². The molecular weight excluding hydrogens is 570 g/mol. The Kier molecular flexibility index (Phi) is 5.13. The van der Waals surface area contributed by atoms with Gasteiger partial charge in [-0.3, -0.25) is 9.78 Å². The Morgan fingerprint density at radius 2 is 1.69 bits per heavy atom. The summed E-state index contributed by atoms with van der Waals surface area (Å²) in [6.07, 6.45) is 0. The lowest BCUT2D eigenvalue weighted by Crippen LogP contribution is -2.12. The molecule has 1 aromatic heterocycles. The number of esters is 1. The first kappa shape index (κ1) is 20.3. The zero-order valence-corrected chi connectivity index (χ0v) is 19.9. The van der Waals surface area contributed by atoms with Crippen LogP contribution >= 0.6 is 47.8 Å². The molecule has 0 bridgehead atoms. The molecule has 0 fully saturated rings. The molecule has 4 rings (SSSR count). The molecule has 5 nitrogen and oxygen atoms in total. The quantitative estimate of drug-likeness (QED) is 0.292. The fourth-order valence-corrected chi connectivity index (χ4v) is 5.06. The molecule has 146 valence electrons. The standard InChI is InChI=1S/C21H12Br3NO4/c1-8-15(21(28)29-2)16(9-5-13(23)20(27)14(24)6-9)17-18(25-8)11-4-3-10(22)7-12(11)19(17)26/h3-7,27H,1-2H3. The van der Waals surface area contributed by atoms with E-state index in [0.717, 1.165) is 4.47 Å². The number of ether oxygens (including phenoxy) is 1. The number of pyridine rings is 1. The topological polar surface area (TPSA) is 76.5 Å². The van der Waals surface area contributed by atoms with Crippen molar-refractivity contribution in [2.75, 3.05) is 7.11 Å². The van der Waals surface area contributed by atoms with Crippen LogP contribution in [-0.2, 0) is 4.74 Å². The largest absolute Gasteiger partial charge is 0.506 e. The number of phenols is 1. The van der Waals surface area contributed by atoms with Gasteiger partial charge >= 0.3 is 5.97 Å². The molecule has 1 aliphatic rings. The van der Waals surface area contributed by atoms with Crippen LogP contribution in [0.5, 0.6) is 5.75 Å². The first-order valence-corrected chi connectivity index (χ1v) is 10.8. The molecule has 2 aromatic carbocycles. The number of rotatable bonds is 2. The van der Waals surface area contributed by atoms with Crippen LogP contribution in [0.15, 0.2) is 43.7 Å². The van der Waals surface area contributed by atoms with Crippen LogP contribution in [0.25, 0.3) is 22.4 Å². The Labute approximate surface area is 191 Å². The molecule has 0 radical (unpaired) electrons. The van der Waals surface area contributed by atoms with Gasteiger partial charge in [0, 0.05) is 21.2 Å². The van der Waals surface area contributed by atoms with Crippen molar-refractivity contribution >= 4 is 59.5 Å². The van der Waals surface area contributed by atoms with Gasteiger partial charge in [0.1, 0.15) is 5.75 Å². The third kappa shape index (κ3) is 3.14. The lowest BCUT2D eigenvalue weighted by atomic mass is 9.92. The van der Waals surface area contributed by atoms with Crippen molar-refractivity contribution in [1.29, 1.82) is 0 Å². The van der Waals surface area contributed by atoms with Gasteiger partial charge in [-0.1, -0.05) is 22.0 Å². The number of benzene rings is 2. The van der Waals surface area contributed by atoms with Gasteiger partial charge in [-0.05, 0) is 68.6 Å². The number of methoxy groups -OCH3 is 1. The highest BCUT2D eigenvalue weighted by Gasteiger charge is 2.35. The maximum absolute atomic E-state index is 13.4. The number of hydrogen-bond acceptors (Lipinski definition) is 5. The van der Waals surface area contributed by atoms with E-state index in [9.17, 15) is 14.7 Å². The van der Waals surface area contributed by atoms with E-state index in [0.29, 0.717) is 48.2 Å². The van der Waals surface area contributed by atoms with Gasteiger partial charge in [0.15, 0.2) is 5.78 Å². The van der Waals surface area contributed by atoms with E-state index in [1.807, 2.05) is 12.1 Å². The van der Waals surface area contributed by atoms with Crippen LogP contribution in [0.4, 0.5) is 0 Å². The summed E-state index contributed by atoms with van der Waals surface area (Å²) in [5.41, 5.74) is 3.77. The molecule has 0 aliphatic heterocycles. The predicted molar refractivity (Wildman–Crippen MR) is 119 cm³/mol. The van der Waals surface area contributed by atoms with E-state index < -0.39 is 5.97 Å². The maximum Gasteiger partial charge on any atom is 0.340 e. The molecule has 1 N–H and O–H groups in total. The Balaban J connectivity index is 2.14. The smallest absolute Gasteiger partial charge is 0.340 e. The number of nitrogens with zero attached hydrogens (tertiary/aromatic N) is 1. The summed E-state index contributed by atoms with van der Waals surface area (Å²) in [6.45, 7) is 1.71. The average molecular weight is 582 g/mol. The minimum Gasteiger partial charge on any atom is -0.506 e. The van der Waals surface area contributed by atoms with E-state index in [4.69, 9.17) is 4.74 Å².